The highest BCUT2D eigenvalue weighted by Gasteiger charge is 2.30. The zero-order valence-corrected chi connectivity index (χ0v) is 21.1. The Balaban J connectivity index is 1.77. The molecule has 4 N–H and O–H groups in total. The SMILES string of the molecule is CC(C)(C)Sc1nnc([C@@H](Cc2c[nH]c3ccccc23)NC(=O)C(C)(C)N)n1Cc1ccco1. The first-order valence-electron chi connectivity index (χ1n) is 11.3. The van der Waals surface area contributed by atoms with Gasteiger partial charge in [-0.25, -0.2) is 0 Å². The van der Waals surface area contributed by atoms with Crippen molar-refractivity contribution in [3.8, 4) is 0 Å². The normalized spacial score (nSPS) is 13.4. The van der Waals surface area contributed by atoms with Crippen LogP contribution in [0.15, 0.2) is 58.4 Å². The van der Waals surface area contributed by atoms with Crippen LogP contribution in [0.2, 0.25) is 0 Å². The summed E-state index contributed by atoms with van der Waals surface area (Å²) in [5, 5.41) is 14.1. The van der Waals surface area contributed by atoms with Crippen LogP contribution in [0.3, 0.4) is 0 Å². The van der Waals surface area contributed by atoms with Crippen LogP contribution in [0, 0.1) is 0 Å². The summed E-state index contributed by atoms with van der Waals surface area (Å²) in [6.07, 6.45) is 4.16. The number of nitrogens with two attached hydrogens (primary N) is 1. The van der Waals surface area contributed by atoms with Crippen LogP contribution in [0.25, 0.3) is 10.9 Å². The van der Waals surface area contributed by atoms with E-state index >= 15 is 0 Å². The maximum absolute atomic E-state index is 13.0. The van der Waals surface area contributed by atoms with Crippen molar-refractivity contribution in [1.82, 2.24) is 25.1 Å². The zero-order chi connectivity index (χ0) is 24.5. The maximum Gasteiger partial charge on any atom is 0.240 e. The molecule has 3 heterocycles. The van der Waals surface area contributed by atoms with E-state index in [2.05, 4.69) is 47.3 Å². The number of aromatic nitrogens is 4. The molecule has 0 aliphatic heterocycles. The smallest absolute Gasteiger partial charge is 0.240 e. The summed E-state index contributed by atoms with van der Waals surface area (Å²) in [5.41, 5.74) is 7.21. The summed E-state index contributed by atoms with van der Waals surface area (Å²) in [7, 11) is 0. The molecule has 9 heteroatoms. The Morgan fingerprint density at radius 1 is 1.18 bits per heavy atom. The Labute approximate surface area is 203 Å². The predicted octanol–water partition coefficient (Wildman–Crippen LogP) is 4.43. The Bertz CT molecular complexity index is 1260. The van der Waals surface area contributed by atoms with Crippen LogP contribution in [0.1, 0.15) is 57.8 Å². The lowest BCUT2D eigenvalue weighted by atomic mass is 10.0. The van der Waals surface area contributed by atoms with Crippen molar-refractivity contribution >= 4 is 28.6 Å². The second kappa shape index (κ2) is 9.31. The van der Waals surface area contributed by atoms with Crippen molar-refractivity contribution in [3.63, 3.8) is 0 Å². The number of aromatic amines is 1. The molecule has 0 aliphatic carbocycles. The number of para-hydroxylation sites is 1. The summed E-state index contributed by atoms with van der Waals surface area (Å²) in [5.74, 6) is 1.19. The number of H-pyrrole nitrogens is 1. The fourth-order valence-corrected chi connectivity index (χ4v) is 4.58. The Morgan fingerprint density at radius 3 is 2.62 bits per heavy atom. The molecule has 4 aromatic rings. The highest BCUT2D eigenvalue weighted by molar-refractivity contribution is 8.00. The predicted molar refractivity (Wildman–Crippen MR) is 135 cm³/mol. The molecule has 0 fully saturated rings. The molecule has 0 saturated carbocycles. The minimum absolute atomic E-state index is 0.0694. The molecule has 8 nitrogen and oxygen atoms in total. The Kier molecular flexibility index (Phi) is 6.60. The van der Waals surface area contributed by atoms with Crippen LogP contribution >= 0.6 is 11.8 Å². The van der Waals surface area contributed by atoms with E-state index in [0.717, 1.165) is 27.4 Å². The van der Waals surface area contributed by atoms with E-state index in [1.165, 1.54) is 0 Å². The molecule has 4 rings (SSSR count). The Hall–Kier alpha value is -3.04. The average molecular weight is 481 g/mol. The second-order valence-corrected chi connectivity index (χ2v) is 11.8. The zero-order valence-electron chi connectivity index (χ0n) is 20.3. The largest absolute Gasteiger partial charge is 0.467 e. The van der Waals surface area contributed by atoms with Crippen LogP contribution in [-0.2, 0) is 17.8 Å². The molecule has 0 unspecified atom stereocenters. The number of fused-ring (bicyclic) bond motifs is 1. The van der Waals surface area contributed by atoms with Gasteiger partial charge < -0.3 is 20.5 Å². The molecule has 0 radical (unpaired) electrons. The summed E-state index contributed by atoms with van der Waals surface area (Å²) in [6.45, 7) is 10.2. The van der Waals surface area contributed by atoms with Crippen molar-refractivity contribution < 1.29 is 9.21 Å². The first-order valence-corrected chi connectivity index (χ1v) is 12.1. The van der Waals surface area contributed by atoms with Crippen LogP contribution in [-0.4, -0.2) is 35.9 Å². The Morgan fingerprint density at radius 2 is 1.94 bits per heavy atom. The van der Waals surface area contributed by atoms with Gasteiger partial charge in [-0.3, -0.25) is 9.36 Å². The van der Waals surface area contributed by atoms with E-state index in [4.69, 9.17) is 10.2 Å². The minimum Gasteiger partial charge on any atom is -0.467 e. The van der Waals surface area contributed by atoms with Crippen molar-refractivity contribution in [1.29, 1.82) is 0 Å². The standard InChI is InChI=1S/C25H32N6O2S/c1-24(2,3)34-23-30-29-21(31(23)15-17-9-8-12-33-17)20(28-22(32)25(4,5)26)13-16-14-27-19-11-7-6-10-18(16)19/h6-12,14,20,27H,13,15,26H2,1-5H3,(H,28,32)/t20-/m1/s1. The number of rotatable bonds is 8. The van der Waals surface area contributed by atoms with E-state index in [1.807, 2.05) is 41.1 Å². The van der Waals surface area contributed by atoms with Crippen molar-refractivity contribution in [2.24, 2.45) is 5.73 Å². The summed E-state index contributed by atoms with van der Waals surface area (Å²) in [4.78, 5) is 16.3. The monoisotopic (exact) mass is 480 g/mol. The number of carbonyl (C=O) groups excluding carboxylic acids is 1. The molecule has 1 atom stereocenters. The molecule has 0 spiro atoms. The number of nitrogens with one attached hydrogen (secondary N) is 2. The van der Waals surface area contributed by atoms with E-state index in [1.54, 1.807) is 31.9 Å². The van der Waals surface area contributed by atoms with Crippen LogP contribution < -0.4 is 11.1 Å². The van der Waals surface area contributed by atoms with Gasteiger partial charge in [0.1, 0.15) is 5.76 Å². The lowest BCUT2D eigenvalue weighted by molar-refractivity contribution is -0.126. The lowest BCUT2D eigenvalue weighted by Crippen LogP contribution is -2.50. The molecule has 0 saturated heterocycles. The fraction of sp³-hybridized carbons (Fsp3) is 0.400. The number of carbonyl (C=O) groups is 1. The molecule has 180 valence electrons. The van der Waals surface area contributed by atoms with Gasteiger partial charge >= 0.3 is 0 Å². The highest BCUT2D eigenvalue weighted by atomic mass is 32.2. The van der Waals surface area contributed by atoms with Gasteiger partial charge in [0.2, 0.25) is 5.91 Å². The molecular formula is C25H32N6O2S. The van der Waals surface area contributed by atoms with E-state index in [9.17, 15) is 4.79 Å². The van der Waals surface area contributed by atoms with Gasteiger partial charge in [-0.1, -0.05) is 50.7 Å². The van der Waals surface area contributed by atoms with Crippen LogP contribution in [0.4, 0.5) is 0 Å². The summed E-state index contributed by atoms with van der Waals surface area (Å²) >= 11 is 1.63. The maximum atomic E-state index is 13.0. The number of furan rings is 1. The number of nitrogens with zero attached hydrogens (tertiary/aromatic N) is 3. The average Bonchev–Trinajstić information content (AvgIpc) is 3.48. The molecule has 34 heavy (non-hydrogen) atoms. The quantitative estimate of drug-likeness (QED) is 0.322. The molecular weight excluding hydrogens is 448 g/mol. The van der Waals surface area contributed by atoms with E-state index in [0.29, 0.717) is 18.8 Å². The number of benzene rings is 1. The lowest BCUT2D eigenvalue weighted by Gasteiger charge is -2.25. The molecule has 1 amide bonds. The third-order valence-corrected chi connectivity index (χ3v) is 6.44. The molecule has 1 aromatic carbocycles. The van der Waals surface area contributed by atoms with Crippen molar-refractivity contribution in [2.75, 3.05) is 0 Å². The highest BCUT2D eigenvalue weighted by Crippen LogP contribution is 2.33. The van der Waals surface area contributed by atoms with E-state index in [-0.39, 0.29) is 10.7 Å². The molecule has 0 bridgehead atoms. The van der Waals surface area contributed by atoms with Gasteiger partial charge in [-0.05, 0) is 37.6 Å². The third-order valence-electron chi connectivity index (χ3n) is 5.34. The first-order chi connectivity index (χ1) is 16.0. The first kappa shape index (κ1) is 24.1. The number of hydrogen-bond acceptors (Lipinski definition) is 6. The number of amides is 1. The number of thioether (sulfide) groups is 1. The van der Waals surface area contributed by atoms with Crippen molar-refractivity contribution in [2.45, 2.75) is 69.1 Å². The molecule has 3 aromatic heterocycles. The van der Waals surface area contributed by atoms with Crippen LogP contribution in [0.5, 0.6) is 0 Å². The van der Waals surface area contributed by atoms with Gasteiger partial charge in [-0.2, -0.15) is 0 Å². The van der Waals surface area contributed by atoms with E-state index < -0.39 is 11.6 Å². The van der Waals surface area contributed by atoms with Crippen molar-refractivity contribution in [3.05, 3.63) is 66.0 Å². The molecule has 0 aliphatic rings. The second-order valence-electron chi connectivity index (χ2n) is 10.0. The topological polar surface area (TPSA) is 115 Å². The van der Waals surface area contributed by atoms with Gasteiger partial charge in [0.25, 0.3) is 0 Å². The fourth-order valence-electron chi connectivity index (χ4n) is 3.69. The summed E-state index contributed by atoms with van der Waals surface area (Å²) < 4.78 is 7.58. The summed E-state index contributed by atoms with van der Waals surface area (Å²) in [6, 6.07) is 11.5. The minimum atomic E-state index is -1.03. The van der Waals surface area contributed by atoms with Gasteiger partial charge in [0.05, 0.1) is 24.4 Å². The van der Waals surface area contributed by atoms with Gasteiger partial charge in [-0.15, -0.1) is 10.2 Å². The third kappa shape index (κ3) is 5.53. The van der Waals surface area contributed by atoms with Gasteiger partial charge in [0.15, 0.2) is 11.0 Å². The van der Waals surface area contributed by atoms with Gasteiger partial charge in [0, 0.05) is 28.3 Å². The number of hydrogen-bond donors (Lipinski definition) is 3.